The number of hydrogen-bond donors (Lipinski definition) is 1. The predicted molar refractivity (Wildman–Crippen MR) is 130 cm³/mol. The van der Waals surface area contributed by atoms with Crippen LogP contribution in [0.15, 0.2) is 58.0 Å². The molecule has 6 nitrogen and oxygen atoms in total. The molecule has 0 atom stereocenters. The van der Waals surface area contributed by atoms with Crippen LogP contribution in [0, 0.1) is 0 Å². The number of thiazole rings is 1. The van der Waals surface area contributed by atoms with E-state index in [1.807, 2.05) is 42.5 Å². The van der Waals surface area contributed by atoms with Gasteiger partial charge in [0.1, 0.15) is 5.82 Å². The summed E-state index contributed by atoms with van der Waals surface area (Å²) in [6.45, 7) is 4.90. The third-order valence-electron chi connectivity index (χ3n) is 4.71. The van der Waals surface area contributed by atoms with Crippen LogP contribution in [-0.4, -0.2) is 31.4 Å². The molecule has 1 N–H and O–H groups in total. The Balaban J connectivity index is 1.36. The maximum Gasteiger partial charge on any atom is 0.234 e. The van der Waals surface area contributed by atoms with Gasteiger partial charge >= 0.3 is 0 Å². The smallest absolute Gasteiger partial charge is 0.234 e. The van der Waals surface area contributed by atoms with Crippen molar-refractivity contribution in [2.45, 2.75) is 42.1 Å². The number of carbonyl (C=O) groups excluding carboxylic acids is 1. The number of nitrogens with one attached hydrogen (secondary N) is 1. The van der Waals surface area contributed by atoms with E-state index in [4.69, 9.17) is 0 Å². The number of aryl methyl sites for hydroxylation is 1. The number of benzene rings is 2. The Morgan fingerprint density at radius 2 is 1.87 bits per heavy atom. The number of amides is 1. The summed E-state index contributed by atoms with van der Waals surface area (Å²) < 4.78 is 4.28. The van der Waals surface area contributed by atoms with Crippen LogP contribution < -0.4 is 5.32 Å². The molecule has 0 aliphatic carbocycles. The lowest BCUT2D eigenvalue weighted by Crippen LogP contribution is -2.15. The van der Waals surface area contributed by atoms with Crippen LogP contribution in [0.2, 0.25) is 0 Å². The first-order valence-electron chi connectivity index (χ1n) is 10.1. The van der Waals surface area contributed by atoms with Gasteiger partial charge < -0.3 is 9.88 Å². The third kappa shape index (κ3) is 5.28. The molecule has 0 aliphatic heterocycles. The molecule has 160 valence electrons. The number of aromatic nitrogens is 4. The molecule has 31 heavy (non-hydrogen) atoms. The van der Waals surface area contributed by atoms with Crippen LogP contribution in [0.4, 0.5) is 5.69 Å². The van der Waals surface area contributed by atoms with Crippen molar-refractivity contribution in [3.8, 4) is 0 Å². The van der Waals surface area contributed by atoms with Crippen LogP contribution in [0.25, 0.3) is 10.2 Å². The molecule has 0 saturated heterocycles. The number of nitrogens with zero attached hydrogens (tertiary/aromatic N) is 4. The van der Waals surface area contributed by atoms with Crippen LogP contribution >= 0.6 is 34.9 Å². The monoisotopic (exact) mass is 469 g/mol. The Morgan fingerprint density at radius 3 is 2.68 bits per heavy atom. The lowest BCUT2D eigenvalue weighted by atomic mass is 10.1. The van der Waals surface area contributed by atoms with E-state index in [2.05, 4.69) is 45.0 Å². The maximum absolute atomic E-state index is 12.5. The number of para-hydroxylation sites is 2. The molecule has 0 fully saturated rings. The fourth-order valence-electron chi connectivity index (χ4n) is 3.16. The summed E-state index contributed by atoms with van der Waals surface area (Å²) in [5, 5.41) is 12.5. The Kier molecular flexibility index (Phi) is 7.26. The number of hydrogen-bond acceptors (Lipinski definition) is 7. The van der Waals surface area contributed by atoms with Gasteiger partial charge in [0.2, 0.25) is 5.91 Å². The summed E-state index contributed by atoms with van der Waals surface area (Å²) in [5.41, 5.74) is 3.03. The second kappa shape index (κ2) is 10.3. The van der Waals surface area contributed by atoms with E-state index >= 15 is 0 Å². The van der Waals surface area contributed by atoms with Crippen LogP contribution in [0.5, 0.6) is 0 Å². The number of thioether (sulfide) groups is 2. The first-order chi connectivity index (χ1) is 15.2. The fourth-order valence-corrected chi connectivity index (χ4v) is 5.99. The van der Waals surface area contributed by atoms with Crippen molar-refractivity contribution in [1.82, 2.24) is 19.7 Å². The fraction of sp³-hybridized carbons (Fsp3) is 0.273. The van der Waals surface area contributed by atoms with E-state index < -0.39 is 0 Å². The average Bonchev–Trinajstić information content (AvgIpc) is 3.39. The summed E-state index contributed by atoms with van der Waals surface area (Å²) >= 11 is 4.77. The third-order valence-corrected chi connectivity index (χ3v) is 7.86. The van der Waals surface area contributed by atoms with Gasteiger partial charge in [-0.3, -0.25) is 4.79 Å². The van der Waals surface area contributed by atoms with E-state index in [1.165, 1.54) is 16.5 Å². The topological polar surface area (TPSA) is 72.7 Å². The molecule has 9 heteroatoms. The van der Waals surface area contributed by atoms with Gasteiger partial charge in [-0.05, 0) is 37.1 Å². The van der Waals surface area contributed by atoms with E-state index in [9.17, 15) is 4.79 Å². The van der Waals surface area contributed by atoms with Gasteiger partial charge in [-0.1, -0.05) is 60.8 Å². The standard InChI is InChI=1S/C22H23N5OS3/c1-3-15-9-5-6-10-16(15)23-20(28)14-29-21-26-25-19(27(21)4-2)13-30-22-24-17-11-7-8-12-18(17)31-22/h5-12H,3-4,13-14H2,1-2H3,(H,23,28). The Labute approximate surface area is 193 Å². The molecule has 2 heterocycles. The summed E-state index contributed by atoms with van der Waals surface area (Å²) in [7, 11) is 0. The highest BCUT2D eigenvalue weighted by molar-refractivity contribution is 8.00. The van der Waals surface area contributed by atoms with Crippen molar-refractivity contribution >= 4 is 56.7 Å². The van der Waals surface area contributed by atoms with Gasteiger partial charge in [0, 0.05) is 12.2 Å². The van der Waals surface area contributed by atoms with Gasteiger partial charge in [0.15, 0.2) is 9.50 Å². The SMILES string of the molecule is CCc1ccccc1NC(=O)CSc1nnc(CSc2nc3ccccc3s2)n1CC. The van der Waals surface area contributed by atoms with E-state index in [1.54, 1.807) is 23.1 Å². The molecule has 2 aromatic heterocycles. The average molecular weight is 470 g/mol. The predicted octanol–water partition coefficient (Wildman–Crippen LogP) is 5.49. The molecule has 0 bridgehead atoms. The molecule has 2 aromatic carbocycles. The van der Waals surface area contributed by atoms with Crippen molar-refractivity contribution < 1.29 is 4.79 Å². The highest BCUT2D eigenvalue weighted by Gasteiger charge is 2.15. The molecule has 0 spiro atoms. The Hall–Kier alpha value is -2.36. The lowest BCUT2D eigenvalue weighted by molar-refractivity contribution is -0.113. The van der Waals surface area contributed by atoms with Gasteiger partial charge in [-0.15, -0.1) is 21.5 Å². The lowest BCUT2D eigenvalue weighted by Gasteiger charge is -2.10. The van der Waals surface area contributed by atoms with Crippen molar-refractivity contribution in [2.24, 2.45) is 0 Å². The van der Waals surface area contributed by atoms with E-state index in [0.717, 1.165) is 45.1 Å². The molecular weight excluding hydrogens is 446 g/mol. The maximum atomic E-state index is 12.5. The second-order valence-electron chi connectivity index (χ2n) is 6.73. The number of fused-ring (bicyclic) bond motifs is 1. The zero-order chi connectivity index (χ0) is 21.6. The molecule has 0 radical (unpaired) electrons. The summed E-state index contributed by atoms with van der Waals surface area (Å²) in [4.78, 5) is 17.1. The largest absolute Gasteiger partial charge is 0.325 e. The number of rotatable bonds is 9. The van der Waals surface area contributed by atoms with Crippen LogP contribution in [0.3, 0.4) is 0 Å². The zero-order valence-corrected chi connectivity index (χ0v) is 19.8. The van der Waals surface area contributed by atoms with Gasteiger partial charge in [-0.2, -0.15) is 0 Å². The minimum atomic E-state index is -0.0399. The Morgan fingerprint density at radius 1 is 1.06 bits per heavy atom. The number of anilines is 1. The molecule has 4 rings (SSSR count). The van der Waals surface area contributed by atoms with Crippen molar-refractivity contribution in [3.63, 3.8) is 0 Å². The number of carbonyl (C=O) groups is 1. The van der Waals surface area contributed by atoms with Crippen LogP contribution in [0.1, 0.15) is 25.2 Å². The highest BCUT2D eigenvalue weighted by atomic mass is 32.2. The second-order valence-corrected chi connectivity index (χ2v) is 9.92. The van der Waals surface area contributed by atoms with Crippen LogP contribution in [-0.2, 0) is 23.5 Å². The molecule has 0 saturated carbocycles. The Bertz CT molecular complexity index is 1150. The highest BCUT2D eigenvalue weighted by Crippen LogP contribution is 2.31. The first-order valence-corrected chi connectivity index (χ1v) is 12.9. The molecular formula is C22H23N5OS3. The molecule has 0 aliphatic rings. The molecule has 0 unspecified atom stereocenters. The van der Waals surface area contributed by atoms with E-state index in [-0.39, 0.29) is 5.91 Å². The van der Waals surface area contributed by atoms with Crippen molar-refractivity contribution in [1.29, 1.82) is 0 Å². The quantitative estimate of drug-likeness (QED) is 0.327. The summed E-state index contributed by atoms with van der Waals surface area (Å²) in [6, 6.07) is 16.0. The molecule has 1 amide bonds. The van der Waals surface area contributed by atoms with Crippen molar-refractivity contribution in [2.75, 3.05) is 11.1 Å². The molecule has 4 aromatic rings. The normalized spacial score (nSPS) is 11.2. The van der Waals surface area contributed by atoms with Crippen molar-refractivity contribution in [3.05, 3.63) is 59.9 Å². The van der Waals surface area contributed by atoms with Gasteiger partial charge in [0.05, 0.1) is 21.7 Å². The first kappa shape index (κ1) is 21.9. The zero-order valence-electron chi connectivity index (χ0n) is 17.4. The minimum absolute atomic E-state index is 0.0399. The van der Waals surface area contributed by atoms with Gasteiger partial charge in [0.25, 0.3) is 0 Å². The van der Waals surface area contributed by atoms with E-state index in [0.29, 0.717) is 11.5 Å². The minimum Gasteiger partial charge on any atom is -0.325 e. The summed E-state index contributed by atoms with van der Waals surface area (Å²) in [6.07, 6.45) is 0.878. The van der Waals surface area contributed by atoms with Gasteiger partial charge in [-0.25, -0.2) is 4.98 Å². The summed E-state index contributed by atoms with van der Waals surface area (Å²) in [5.74, 6) is 1.84.